The van der Waals surface area contributed by atoms with E-state index in [0.717, 1.165) is 25.9 Å². The molecule has 18 heavy (non-hydrogen) atoms. The average Bonchev–Trinajstić information content (AvgIpc) is 2.15. The smallest absolute Gasteiger partial charge is 0.444 e. The molecule has 100 valence electrons. The maximum Gasteiger partial charge on any atom is 1.00 e. The van der Waals surface area contributed by atoms with Gasteiger partial charge in [-0.25, -0.2) is 4.79 Å². The number of rotatable bonds is 0. The molecule has 1 amide bonds. The van der Waals surface area contributed by atoms with Gasteiger partial charge in [-0.15, -0.1) is 0 Å². The SMILES string of the molecule is CC(C)(C)OC(=O)N1C[CH-]CCC1.FB(F)F.[K+]. The largest absolute Gasteiger partial charge is 1.00 e. The fourth-order valence-electron chi connectivity index (χ4n) is 1.26. The second-order valence-corrected chi connectivity index (χ2v) is 4.60. The van der Waals surface area contributed by atoms with Crippen LogP contribution in [0.4, 0.5) is 17.7 Å². The molecule has 0 aromatic heterocycles. The third-order valence-electron chi connectivity index (χ3n) is 1.84. The van der Waals surface area contributed by atoms with Crippen molar-refractivity contribution in [2.45, 2.75) is 39.2 Å². The number of ether oxygens (including phenoxy) is 1. The number of carbonyl (C=O) groups excluding carboxylic acids is 1. The molecule has 0 atom stereocenters. The number of carbonyl (C=O) groups is 1. The van der Waals surface area contributed by atoms with Gasteiger partial charge in [-0.1, -0.05) is 13.0 Å². The van der Waals surface area contributed by atoms with Crippen LogP contribution in [0.25, 0.3) is 0 Å². The standard InChI is InChI=1S/C10H18NO2.BF3.K/c1-10(2,3)13-9(12)11-7-5-4-6-8-11;2-1(3)4;/h5H,4,6-8H2,1-3H3;;/q-1;;+1. The van der Waals surface area contributed by atoms with Gasteiger partial charge in [0.25, 0.3) is 0 Å². The van der Waals surface area contributed by atoms with Crippen LogP contribution in [0.5, 0.6) is 0 Å². The molecular formula is C10H18BF3KNO2. The minimum absolute atomic E-state index is 0. The molecule has 3 nitrogen and oxygen atoms in total. The first kappa shape index (κ1) is 21.1. The van der Waals surface area contributed by atoms with E-state index in [2.05, 4.69) is 6.42 Å². The monoisotopic (exact) mass is 291 g/mol. The van der Waals surface area contributed by atoms with Gasteiger partial charge in [0, 0.05) is 6.54 Å². The Balaban J connectivity index is 0. The molecule has 1 fully saturated rings. The van der Waals surface area contributed by atoms with E-state index in [4.69, 9.17) is 4.74 Å². The number of hydrogen-bond donors (Lipinski definition) is 0. The topological polar surface area (TPSA) is 29.5 Å². The molecule has 0 aromatic carbocycles. The minimum Gasteiger partial charge on any atom is -0.444 e. The van der Waals surface area contributed by atoms with Gasteiger partial charge in [0.2, 0.25) is 0 Å². The predicted molar refractivity (Wildman–Crippen MR) is 60.4 cm³/mol. The van der Waals surface area contributed by atoms with Crippen LogP contribution in [0.1, 0.15) is 33.6 Å². The van der Waals surface area contributed by atoms with Crippen molar-refractivity contribution < 1.29 is 73.9 Å². The Morgan fingerprint density at radius 3 is 2.17 bits per heavy atom. The minimum atomic E-state index is -3.67. The second kappa shape index (κ2) is 10.5. The van der Waals surface area contributed by atoms with Crippen LogP contribution < -0.4 is 51.4 Å². The van der Waals surface area contributed by atoms with Gasteiger partial charge in [0.1, 0.15) is 5.60 Å². The van der Waals surface area contributed by atoms with Crippen molar-refractivity contribution in [1.82, 2.24) is 4.90 Å². The summed E-state index contributed by atoms with van der Waals surface area (Å²) in [6, 6.07) is 0. The molecule has 0 radical (unpaired) electrons. The summed E-state index contributed by atoms with van der Waals surface area (Å²) in [7, 11) is -3.67. The van der Waals surface area contributed by atoms with Crippen molar-refractivity contribution in [1.29, 1.82) is 0 Å². The van der Waals surface area contributed by atoms with E-state index in [1.165, 1.54) is 0 Å². The zero-order chi connectivity index (χ0) is 13.5. The Morgan fingerprint density at radius 2 is 1.83 bits per heavy atom. The van der Waals surface area contributed by atoms with E-state index >= 15 is 0 Å². The van der Waals surface area contributed by atoms with Gasteiger partial charge in [0.15, 0.2) is 0 Å². The summed E-state index contributed by atoms with van der Waals surface area (Å²) >= 11 is 0. The first-order valence-corrected chi connectivity index (χ1v) is 5.44. The quantitative estimate of drug-likeness (QED) is 0.468. The van der Waals surface area contributed by atoms with Crippen LogP contribution in [0.3, 0.4) is 0 Å². The summed E-state index contributed by atoms with van der Waals surface area (Å²) in [5.74, 6) is 0. The van der Waals surface area contributed by atoms with Crippen LogP contribution in [-0.4, -0.2) is 37.2 Å². The number of piperidine rings is 1. The third kappa shape index (κ3) is 13.2. The zero-order valence-electron chi connectivity index (χ0n) is 11.4. The Bertz CT molecular complexity index is 231. The molecule has 0 aromatic rings. The molecule has 1 saturated heterocycles. The molecule has 0 aliphatic carbocycles. The molecule has 0 saturated carbocycles. The molecule has 1 aliphatic heterocycles. The van der Waals surface area contributed by atoms with E-state index < -0.39 is 7.54 Å². The Labute approximate surface area is 149 Å². The molecule has 0 spiro atoms. The number of hydrogen-bond acceptors (Lipinski definition) is 2. The maximum absolute atomic E-state index is 11.5. The molecule has 0 unspecified atom stereocenters. The zero-order valence-corrected chi connectivity index (χ0v) is 14.5. The molecular weight excluding hydrogens is 273 g/mol. The summed E-state index contributed by atoms with van der Waals surface area (Å²) in [4.78, 5) is 13.2. The summed E-state index contributed by atoms with van der Waals surface area (Å²) in [5.41, 5.74) is -0.380. The average molecular weight is 291 g/mol. The van der Waals surface area contributed by atoms with Gasteiger partial charge in [-0.2, -0.15) is 6.42 Å². The number of nitrogens with zero attached hydrogens (tertiary/aromatic N) is 1. The van der Waals surface area contributed by atoms with Gasteiger partial charge in [0.05, 0.1) is 0 Å². The molecule has 0 N–H and O–H groups in total. The van der Waals surface area contributed by atoms with Crippen molar-refractivity contribution >= 4 is 13.6 Å². The van der Waals surface area contributed by atoms with Gasteiger partial charge >= 0.3 is 65.0 Å². The van der Waals surface area contributed by atoms with Gasteiger partial charge in [-0.05, 0) is 20.8 Å². The molecule has 1 rings (SSSR count). The van der Waals surface area contributed by atoms with Crippen molar-refractivity contribution in [2.75, 3.05) is 13.1 Å². The summed E-state index contributed by atoms with van der Waals surface area (Å²) in [5, 5.41) is 0. The Hall–Kier alpha value is 0.761. The Morgan fingerprint density at radius 1 is 1.33 bits per heavy atom. The van der Waals surface area contributed by atoms with Crippen molar-refractivity contribution in [2.24, 2.45) is 0 Å². The maximum atomic E-state index is 11.5. The van der Waals surface area contributed by atoms with E-state index in [0.29, 0.717) is 0 Å². The number of halogens is 3. The molecule has 0 bridgehead atoms. The fraction of sp³-hybridized carbons (Fsp3) is 0.800. The van der Waals surface area contributed by atoms with Crippen LogP contribution in [0.2, 0.25) is 0 Å². The van der Waals surface area contributed by atoms with Gasteiger partial charge in [-0.3, -0.25) is 12.9 Å². The first-order chi connectivity index (χ1) is 7.72. The van der Waals surface area contributed by atoms with E-state index in [-0.39, 0.29) is 63.1 Å². The summed E-state index contributed by atoms with van der Waals surface area (Å²) in [6.07, 6.45) is 4.09. The van der Waals surface area contributed by atoms with Gasteiger partial charge < -0.3 is 16.1 Å². The van der Waals surface area contributed by atoms with Crippen molar-refractivity contribution in [3.8, 4) is 0 Å². The number of amides is 1. The normalized spacial score (nSPS) is 14.9. The van der Waals surface area contributed by atoms with E-state index in [1.807, 2.05) is 20.8 Å². The third-order valence-corrected chi connectivity index (χ3v) is 1.84. The molecule has 8 heteroatoms. The Kier molecular flexibility index (Phi) is 12.3. The second-order valence-electron chi connectivity index (χ2n) is 4.60. The van der Waals surface area contributed by atoms with Crippen LogP contribution >= 0.6 is 0 Å². The van der Waals surface area contributed by atoms with E-state index in [1.54, 1.807) is 4.90 Å². The van der Waals surface area contributed by atoms with Crippen LogP contribution in [-0.2, 0) is 4.74 Å². The van der Waals surface area contributed by atoms with E-state index in [9.17, 15) is 17.7 Å². The van der Waals surface area contributed by atoms with Crippen molar-refractivity contribution in [3.05, 3.63) is 6.42 Å². The molecule has 1 aliphatic rings. The summed E-state index contributed by atoms with van der Waals surface area (Å²) in [6.45, 7) is 7.22. The number of likely N-dealkylation sites (tertiary alicyclic amines) is 1. The summed E-state index contributed by atoms with van der Waals surface area (Å²) < 4.78 is 34.2. The van der Waals surface area contributed by atoms with Crippen LogP contribution in [0, 0.1) is 6.42 Å². The van der Waals surface area contributed by atoms with Crippen molar-refractivity contribution in [3.63, 3.8) is 0 Å². The first-order valence-electron chi connectivity index (χ1n) is 5.44. The predicted octanol–water partition coefficient (Wildman–Crippen LogP) is 0.105. The fourth-order valence-corrected chi connectivity index (χ4v) is 1.26. The van der Waals surface area contributed by atoms with Crippen LogP contribution in [0.15, 0.2) is 0 Å². The molecule has 1 heterocycles.